The van der Waals surface area contributed by atoms with Crippen LogP contribution >= 0.6 is 0 Å². The third-order valence-corrected chi connectivity index (χ3v) is 12.2. The zero-order valence-corrected chi connectivity index (χ0v) is 21.9. The molecule has 6 fully saturated rings. The first kappa shape index (κ1) is 23.7. The SMILES string of the molecule is CC(=O)O[C@@H]1C[C@@]2(C)[C@@H](CC[C@@H]3[C@@H]2CC[C@]2(C)[C@@H]4[C@H](C[C@@H]32)O[C@]2(CC[C@@H](C)CO2)[C@H]4C)C[C@H]1O. The van der Waals surface area contributed by atoms with Gasteiger partial charge in [0, 0.05) is 19.3 Å². The molecule has 1 spiro atoms. The van der Waals surface area contributed by atoms with Crippen LogP contribution in [0.3, 0.4) is 0 Å². The van der Waals surface area contributed by atoms with Crippen LogP contribution in [0.2, 0.25) is 0 Å². The smallest absolute Gasteiger partial charge is 0.302 e. The lowest BCUT2D eigenvalue weighted by Gasteiger charge is -2.62. The lowest BCUT2D eigenvalue weighted by atomic mass is 9.44. The number of esters is 1. The highest BCUT2D eigenvalue weighted by atomic mass is 16.7. The summed E-state index contributed by atoms with van der Waals surface area (Å²) in [5.41, 5.74) is 0.478. The summed E-state index contributed by atoms with van der Waals surface area (Å²) >= 11 is 0. The zero-order chi connectivity index (χ0) is 24.0. The Balaban J connectivity index is 1.24. The monoisotopic (exact) mass is 474 g/mol. The summed E-state index contributed by atoms with van der Waals surface area (Å²) in [6, 6.07) is 0. The quantitative estimate of drug-likeness (QED) is 0.520. The van der Waals surface area contributed by atoms with Crippen molar-refractivity contribution in [3.63, 3.8) is 0 Å². The van der Waals surface area contributed by atoms with Crippen LogP contribution in [-0.2, 0) is 19.0 Å². The molecule has 2 saturated heterocycles. The minimum Gasteiger partial charge on any atom is -0.460 e. The molecule has 6 aliphatic rings. The Kier molecular flexibility index (Phi) is 5.53. The van der Waals surface area contributed by atoms with Gasteiger partial charge in [-0.2, -0.15) is 0 Å². The topological polar surface area (TPSA) is 65.0 Å². The number of hydrogen-bond donors (Lipinski definition) is 1. The standard InChI is InChI=1S/C29H46O5/c1-16-8-11-29(32-15-16)17(2)26-24(34-29)13-22-20-7-6-19-12-23(31)25(33-18(3)30)14-28(19,5)21(20)9-10-27(22,26)4/h16-17,19-26,31H,6-15H2,1-5H3/t16-,17+,19+,20-,21+,22+,23-,24+,25-,26+,27+,28+,29-/m1/s1. The summed E-state index contributed by atoms with van der Waals surface area (Å²) in [4.78, 5) is 11.7. The third kappa shape index (κ3) is 3.24. The Hall–Kier alpha value is -0.650. The molecule has 0 amide bonds. The number of fused-ring (bicyclic) bond motifs is 7. The largest absolute Gasteiger partial charge is 0.460 e. The molecule has 4 aliphatic carbocycles. The van der Waals surface area contributed by atoms with E-state index in [1.165, 1.54) is 45.4 Å². The molecule has 4 saturated carbocycles. The van der Waals surface area contributed by atoms with E-state index >= 15 is 0 Å². The highest BCUT2D eigenvalue weighted by Crippen LogP contribution is 2.71. The predicted molar refractivity (Wildman–Crippen MR) is 129 cm³/mol. The predicted octanol–water partition coefficient (Wildman–Crippen LogP) is 5.34. The van der Waals surface area contributed by atoms with Gasteiger partial charge in [-0.25, -0.2) is 0 Å². The van der Waals surface area contributed by atoms with Gasteiger partial charge >= 0.3 is 5.97 Å². The average Bonchev–Trinajstić information content (AvgIpc) is 3.21. The summed E-state index contributed by atoms with van der Waals surface area (Å²) in [7, 11) is 0. The lowest BCUT2D eigenvalue weighted by Crippen LogP contribution is -2.57. The molecular formula is C29H46O5. The first-order valence-corrected chi connectivity index (χ1v) is 14.2. The van der Waals surface area contributed by atoms with E-state index in [1.54, 1.807) is 0 Å². The lowest BCUT2D eigenvalue weighted by molar-refractivity contribution is -0.273. The number of aliphatic hydroxyl groups is 1. The molecule has 0 bridgehead atoms. The molecule has 0 radical (unpaired) electrons. The van der Waals surface area contributed by atoms with E-state index in [9.17, 15) is 9.90 Å². The van der Waals surface area contributed by atoms with E-state index in [2.05, 4.69) is 27.7 Å². The van der Waals surface area contributed by atoms with Gasteiger partial charge in [0.2, 0.25) is 0 Å². The number of hydrogen-bond acceptors (Lipinski definition) is 5. The summed E-state index contributed by atoms with van der Waals surface area (Å²) in [6.07, 6.45) is 9.53. The third-order valence-electron chi connectivity index (χ3n) is 12.2. The van der Waals surface area contributed by atoms with Crippen molar-refractivity contribution in [2.75, 3.05) is 6.61 Å². The molecule has 34 heavy (non-hydrogen) atoms. The van der Waals surface area contributed by atoms with Gasteiger partial charge in [-0.1, -0.05) is 27.7 Å². The molecular weight excluding hydrogens is 428 g/mol. The van der Waals surface area contributed by atoms with E-state index in [0.29, 0.717) is 47.0 Å². The Bertz CT molecular complexity index is 819. The van der Waals surface area contributed by atoms with Crippen molar-refractivity contribution in [1.82, 2.24) is 0 Å². The maximum absolute atomic E-state index is 11.7. The van der Waals surface area contributed by atoms with Crippen molar-refractivity contribution in [1.29, 1.82) is 0 Å². The van der Waals surface area contributed by atoms with Crippen molar-refractivity contribution in [3.8, 4) is 0 Å². The van der Waals surface area contributed by atoms with Gasteiger partial charge < -0.3 is 19.3 Å². The van der Waals surface area contributed by atoms with Gasteiger partial charge in [0.1, 0.15) is 6.10 Å². The van der Waals surface area contributed by atoms with E-state index < -0.39 is 6.10 Å². The molecule has 1 N–H and O–H groups in total. The molecule has 13 atom stereocenters. The molecule has 6 rings (SSSR count). The van der Waals surface area contributed by atoms with Crippen LogP contribution in [0.1, 0.15) is 92.4 Å². The maximum atomic E-state index is 11.7. The second kappa shape index (κ2) is 7.92. The van der Waals surface area contributed by atoms with Crippen molar-refractivity contribution >= 4 is 5.97 Å². The van der Waals surface area contributed by atoms with Crippen LogP contribution in [-0.4, -0.2) is 41.8 Å². The Morgan fingerprint density at radius 1 is 1.00 bits per heavy atom. The van der Waals surface area contributed by atoms with Crippen molar-refractivity contribution in [2.45, 2.75) is 117 Å². The van der Waals surface area contributed by atoms with E-state index in [4.69, 9.17) is 14.2 Å². The number of carbonyl (C=O) groups excluding carboxylic acids is 1. The van der Waals surface area contributed by atoms with Gasteiger partial charge in [0.25, 0.3) is 0 Å². The van der Waals surface area contributed by atoms with Gasteiger partial charge in [0.15, 0.2) is 5.79 Å². The summed E-state index contributed by atoms with van der Waals surface area (Å²) < 4.78 is 19.0. The molecule has 0 unspecified atom stereocenters. The van der Waals surface area contributed by atoms with Crippen molar-refractivity contribution in [2.24, 2.45) is 52.3 Å². The van der Waals surface area contributed by atoms with Crippen LogP contribution in [0, 0.1) is 52.3 Å². The molecule has 192 valence electrons. The van der Waals surface area contributed by atoms with Gasteiger partial charge in [-0.3, -0.25) is 4.79 Å². The summed E-state index contributed by atoms with van der Waals surface area (Å²) in [6.45, 7) is 12.1. The van der Waals surface area contributed by atoms with Gasteiger partial charge in [-0.15, -0.1) is 0 Å². The maximum Gasteiger partial charge on any atom is 0.302 e. The number of rotatable bonds is 1. The fourth-order valence-electron chi connectivity index (χ4n) is 10.6. The van der Waals surface area contributed by atoms with Crippen LogP contribution < -0.4 is 0 Å². The van der Waals surface area contributed by atoms with Crippen molar-refractivity contribution < 1.29 is 24.1 Å². The summed E-state index contributed by atoms with van der Waals surface area (Å²) in [5.74, 6) is 3.72. The molecule has 5 heteroatoms. The Labute approximate surface area is 205 Å². The minimum atomic E-state index is -0.512. The van der Waals surface area contributed by atoms with Gasteiger partial charge in [0.05, 0.1) is 18.8 Å². The number of carbonyl (C=O) groups is 1. The second-order valence-corrected chi connectivity index (χ2v) is 13.8. The average molecular weight is 475 g/mol. The Morgan fingerprint density at radius 2 is 1.79 bits per heavy atom. The first-order valence-electron chi connectivity index (χ1n) is 14.2. The molecule has 0 aromatic heterocycles. The molecule has 5 nitrogen and oxygen atoms in total. The number of ether oxygens (including phenoxy) is 3. The fourth-order valence-corrected chi connectivity index (χ4v) is 10.6. The fraction of sp³-hybridized carbons (Fsp3) is 0.966. The van der Waals surface area contributed by atoms with Crippen LogP contribution in [0.4, 0.5) is 0 Å². The number of aliphatic hydroxyl groups excluding tert-OH is 1. The van der Waals surface area contributed by atoms with Crippen molar-refractivity contribution in [3.05, 3.63) is 0 Å². The normalized spacial score (nSPS) is 58.5. The minimum absolute atomic E-state index is 0.150. The highest BCUT2D eigenvalue weighted by Gasteiger charge is 2.69. The molecule has 0 aromatic carbocycles. The molecule has 2 heterocycles. The molecule has 0 aromatic rings. The van der Waals surface area contributed by atoms with E-state index in [1.807, 2.05) is 0 Å². The van der Waals surface area contributed by atoms with Crippen LogP contribution in [0.15, 0.2) is 0 Å². The van der Waals surface area contributed by atoms with Crippen LogP contribution in [0.25, 0.3) is 0 Å². The van der Waals surface area contributed by atoms with E-state index in [0.717, 1.165) is 31.8 Å². The summed E-state index contributed by atoms with van der Waals surface area (Å²) in [5, 5.41) is 10.7. The molecule has 2 aliphatic heterocycles. The highest BCUT2D eigenvalue weighted by molar-refractivity contribution is 5.66. The van der Waals surface area contributed by atoms with Gasteiger partial charge in [-0.05, 0) is 97.7 Å². The zero-order valence-electron chi connectivity index (χ0n) is 21.9. The van der Waals surface area contributed by atoms with E-state index in [-0.39, 0.29) is 23.3 Å². The van der Waals surface area contributed by atoms with Crippen LogP contribution in [0.5, 0.6) is 0 Å². The Morgan fingerprint density at radius 3 is 2.50 bits per heavy atom. The second-order valence-electron chi connectivity index (χ2n) is 13.8. The first-order chi connectivity index (χ1) is 16.1.